The minimum Gasteiger partial charge on any atom is -0.393 e. The largest absolute Gasteiger partial charge is 0.393 e. The predicted molar refractivity (Wildman–Crippen MR) is 78.4 cm³/mol. The van der Waals surface area contributed by atoms with E-state index in [1.165, 1.54) is 6.42 Å². The Kier molecular flexibility index (Phi) is 6.57. The molecule has 1 saturated carbocycles. The number of amides is 1. The third-order valence-corrected chi connectivity index (χ3v) is 4.54. The van der Waals surface area contributed by atoms with E-state index in [1.54, 1.807) is 0 Å². The lowest BCUT2D eigenvalue weighted by Crippen LogP contribution is -2.50. The molecular formula is C14H27ClN2O2. The molecule has 0 aromatic carbocycles. The van der Waals surface area contributed by atoms with Gasteiger partial charge in [-0.15, -0.1) is 12.4 Å². The molecule has 1 aliphatic carbocycles. The Hall–Kier alpha value is -0.320. The van der Waals surface area contributed by atoms with E-state index in [0.717, 1.165) is 45.2 Å². The van der Waals surface area contributed by atoms with E-state index in [0.29, 0.717) is 6.54 Å². The van der Waals surface area contributed by atoms with Gasteiger partial charge in [0.05, 0.1) is 11.5 Å². The fourth-order valence-corrected chi connectivity index (χ4v) is 3.11. The van der Waals surface area contributed by atoms with Crippen LogP contribution in [0.15, 0.2) is 0 Å². The fraction of sp³-hybridized carbons (Fsp3) is 0.929. The van der Waals surface area contributed by atoms with E-state index in [1.807, 2.05) is 6.92 Å². The summed E-state index contributed by atoms with van der Waals surface area (Å²) in [5.41, 5.74) is -0.266. The van der Waals surface area contributed by atoms with E-state index in [2.05, 4.69) is 10.6 Å². The Labute approximate surface area is 122 Å². The summed E-state index contributed by atoms with van der Waals surface area (Å²) in [5.74, 6) is 0.398. The van der Waals surface area contributed by atoms with Crippen LogP contribution in [-0.2, 0) is 4.79 Å². The molecule has 1 saturated heterocycles. The molecule has 0 aromatic rings. The summed E-state index contributed by atoms with van der Waals surface area (Å²) in [6.45, 7) is 4.46. The number of nitrogens with one attached hydrogen (secondary N) is 2. The van der Waals surface area contributed by atoms with Crippen molar-refractivity contribution in [1.82, 2.24) is 10.6 Å². The second-order valence-electron chi connectivity index (χ2n) is 6.16. The first-order valence-electron chi connectivity index (χ1n) is 7.29. The number of hydrogen-bond donors (Lipinski definition) is 3. The summed E-state index contributed by atoms with van der Waals surface area (Å²) in [6.07, 6.45) is 6.02. The topological polar surface area (TPSA) is 61.4 Å². The van der Waals surface area contributed by atoms with Gasteiger partial charge in [0, 0.05) is 19.0 Å². The summed E-state index contributed by atoms with van der Waals surface area (Å²) in [5, 5.41) is 16.2. The first-order valence-corrected chi connectivity index (χ1v) is 7.29. The summed E-state index contributed by atoms with van der Waals surface area (Å²) >= 11 is 0. The van der Waals surface area contributed by atoms with Crippen LogP contribution in [0.5, 0.6) is 0 Å². The summed E-state index contributed by atoms with van der Waals surface area (Å²) < 4.78 is 0. The molecule has 0 aromatic heterocycles. The quantitative estimate of drug-likeness (QED) is 0.738. The molecular weight excluding hydrogens is 264 g/mol. The van der Waals surface area contributed by atoms with Gasteiger partial charge in [0.1, 0.15) is 0 Å². The van der Waals surface area contributed by atoms with Crippen LogP contribution in [0.25, 0.3) is 0 Å². The minimum atomic E-state index is -0.266. The van der Waals surface area contributed by atoms with Crippen molar-refractivity contribution >= 4 is 18.3 Å². The van der Waals surface area contributed by atoms with Gasteiger partial charge >= 0.3 is 0 Å². The van der Waals surface area contributed by atoms with Crippen LogP contribution in [0.2, 0.25) is 0 Å². The van der Waals surface area contributed by atoms with E-state index >= 15 is 0 Å². The zero-order valence-electron chi connectivity index (χ0n) is 11.8. The van der Waals surface area contributed by atoms with Gasteiger partial charge in [0.15, 0.2) is 0 Å². The highest BCUT2D eigenvalue weighted by Gasteiger charge is 2.35. The molecule has 0 spiro atoms. The number of halogens is 1. The molecule has 5 heteroatoms. The SMILES string of the molecule is CC1(C(=O)NCC2CCCCC2O)CCCNC1.Cl. The maximum atomic E-state index is 12.2. The standard InChI is InChI=1S/C14H26N2O2.ClH/c1-14(7-4-8-15-10-14)13(18)16-9-11-5-2-3-6-12(11)17;/h11-12,15,17H,2-10H2,1H3,(H,16,18);1H. The lowest BCUT2D eigenvalue weighted by molar-refractivity contribution is -0.131. The maximum absolute atomic E-state index is 12.2. The lowest BCUT2D eigenvalue weighted by atomic mass is 9.81. The van der Waals surface area contributed by atoms with Crippen molar-refractivity contribution in [3.8, 4) is 0 Å². The van der Waals surface area contributed by atoms with Crippen molar-refractivity contribution in [3.63, 3.8) is 0 Å². The van der Waals surface area contributed by atoms with Gasteiger partial charge in [0.2, 0.25) is 5.91 Å². The van der Waals surface area contributed by atoms with Crippen molar-refractivity contribution in [2.24, 2.45) is 11.3 Å². The third kappa shape index (κ3) is 4.33. The van der Waals surface area contributed by atoms with Crippen molar-refractivity contribution in [1.29, 1.82) is 0 Å². The van der Waals surface area contributed by atoms with Crippen LogP contribution in [-0.4, -0.2) is 36.8 Å². The number of hydrogen-bond acceptors (Lipinski definition) is 3. The molecule has 3 N–H and O–H groups in total. The molecule has 4 nitrogen and oxygen atoms in total. The average Bonchev–Trinajstić information content (AvgIpc) is 2.38. The van der Waals surface area contributed by atoms with Crippen LogP contribution >= 0.6 is 12.4 Å². The van der Waals surface area contributed by atoms with Crippen LogP contribution in [0, 0.1) is 11.3 Å². The van der Waals surface area contributed by atoms with Crippen LogP contribution < -0.4 is 10.6 Å². The molecule has 1 heterocycles. The van der Waals surface area contributed by atoms with Gasteiger partial charge in [-0.05, 0) is 39.2 Å². The number of carbonyl (C=O) groups is 1. The third-order valence-electron chi connectivity index (χ3n) is 4.54. The van der Waals surface area contributed by atoms with Gasteiger partial charge < -0.3 is 15.7 Å². The van der Waals surface area contributed by atoms with Crippen molar-refractivity contribution in [3.05, 3.63) is 0 Å². The lowest BCUT2D eigenvalue weighted by Gasteiger charge is -2.34. The van der Waals surface area contributed by atoms with E-state index in [9.17, 15) is 9.90 Å². The second kappa shape index (κ2) is 7.46. The van der Waals surface area contributed by atoms with E-state index in [-0.39, 0.29) is 35.8 Å². The molecule has 0 radical (unpaired) electrons. The number of rotatable bonds is 3. The molecule has 2 fully saturated rings. The summed E-state index contributed by atoms with van der Waals surface area (Å²) in [7, 11) is 0. The highest BCUT2D eigenvalue weighted by molar-refractivity contribution is 5.85. The fourth-order valence-electron chi connectivity index (χ4n) is 3.11. The molecule has 2 rings (SSSR count). The molecule has 1 amide bonds. The zero-order chi connectivity index (χ0) is 13.0. The Morgan fingerprint density at radius 3 is 2.74 bits per heavy atom. The predicted octanol–water partition coefficient (Wildman–Crippen LogP) is 1.47. The van der Waals surface area contributed by atoms with Crippen LogP contribution in [0.1, 0.15) is 45.4 Å². The van der Waals surface area contributed by atoms with Gasteiger partial charge in [-0.2, -0.15) is 0 Å². The van der Waals surface area contributed by atoms with Crippen molar-refractivity contribution < 1.29 is 9.90 Å². The molecule has 3 atom stereocenters. The summed E-state index contributed by atoms with van der Waals surface area (Å²) in [6, 6.07) is 0. The van der Waals surface area contributed by atoms with Gasteiger partial charge in [-0.1, -0.05) is 12.8 Å². The summed E-state index contributed by atoms with van der Waals surface area (Å²) in [4.78, 5) is 12.2. The number of piperidine rings is 1. The smallest absolute Gasteiger partial charge is 0.227 e. The van der Waals surface area contributed by atoms with E-state index in [4.69, 9.17) is 0 Å². The van der Waals surface area contributed by atoms with Crippen LogP contribution in [0.4, 0.5) is 0 Å². The molecule has 3 unspecified atom stereocenters. The first-order chi connectivity index (χ1) is 8.62. The molecule has 112 valence electrons. The van der Waals surface area contributed by atoms with Gasteiger partial charge in [-0.3, -0.25) is 4.79 Å². The number of aliphatic hydroxyl groups excluding tert-OH is 1. The van der Waals surface area contributed by atoms with Gasteiger partial charge in [-0.25, -0.2) is 0 Å². The second-order valence-corrected chi connectivity index (χ2v) is 6.16. The molecule has 2 aliphatic rings. The first kappa shape index (κ1) is 16.7. The highest BCUT2D eigenvalue weighted by Crippen LogP contribution is 2.27. The Morgan fingerprint density at radius 2 is 2.11 bits per heavy atom. The molecule has 0 bridgehead atoms. The Balaban J connectivity index is 0.00000180. The Morgan fingerprint density at radius 1 is 1.37 bits per heavy atom. The minimum absolute atomic E-state index is 0. The van der Waals surface area contributed by atoms with Crippen molar-refractivity contribution in [2.45, 2.75) is 51.6 Å². The monoisotopic (exact) mass is 290 g/mol. The zero-order valence-corrected chi connectivity index (χ0v) is 12.6. The Bertz CT molecular complexity index is 293. The average molecular weight is 291 g/mol. The number of carbonyl (C=O) groups excluding carboxylic acids is 1. The highest BCUT2D eigenvalue weighted by atomic mass is 35.5. The number of aliphatic hydroxyl groups is 1. The molecule has 1 aliphatic heterocycles. The normalized spacial score (nSPS) is 35.3. The van der Waals surface area contributed by atoms with Gasteiger partial charge in [0.25, 0.3) is 0 Å². The maximum Gasteiger partial charge on any atom is 0.227 e. The van der Waals surface area contributed by atoms with Crippen molar-refractivity contribution in [2.75, 3.05) is 19.6 Å². The van der Waals surface area contributed by atoms with Crippen LogP contribution in [0.3, 0.4) is 0 Å². The van der Waals surface area contributed by atoms with E-state index < -0.39 is 0 Å². The molecule has 19 heavy (non-hydrogen) atoms.